The molecule has 2 N–H and O–H groups in total. The first-order valence-corrected chi connectivity index (χ1v) is 9.51. The van der Waals surface area contributed by atoms with Crippen molar-refractivity contribution in [3.05, 3.63) is 65.7 Å². The van der Waals surface area contributed by atoms with Gasteiger partial charge in [-0.15, -0.1) is 0 Å². The normalized spacial score (nSPS) is 19.7. The maximum absolute atomic E-state index is 11.4. The lowest BCUT2D eigenvalue weighted by Crippen LogP contribution is -2.19. The van der Waals surface area contributed by atoms with E-state index in [1.54, 1.807) is 12.1 Å². The predicted molar refractivity (Wildman–Crippen MR) is 99.2 cm³/mol. The highest BCUT2D eigenvalue weighted by Gasteiger charge is 2.27. The average Bonchev–Trinajstić information content (AvgIpc) is 2.99. The van der Waals surface area contributed by atoms with E-state index < -0.39 is 15.4 Å². The molecule has 0 aliphatic carbocycles. The van der Waals surface area contributed by atoms with Crippen molar-refractivity contribution in [2.45, 2.75) is 24.2 Å². The number of allylic oxidation sites excluding steroid dienone is 1. The number of nitrogens with zero attached hydrogens (tertiary/aromatic N) is 1. The number of aliphatic imine (C=N–C) groups is 1. The molecule has 0 amide bonds. The van der Waals surface area contributed by atoms with Crippen molar-refractivity contribution < 1.29 is 13.2 Å². The van der Waals surface area contributed by atoms with Gasteiger partial charge >= 0.3 is 0 Å². The van der Waals surface area contributed by atoms with Crippen LogP contribution in [0, 0.1) is 0 Å². The third-order valence-corrected chi connectivity index (χ3v) is 5.10. The lowest BCUT2D eigenvalue weighted by molar-refractivity contribution is 0.340. The fraction of sp³-hybridized carbons (Fsp3) is 0.211. The van der Waals surface area contributed by atoms with E-state index in [1.807, 2.05) is 44.3 Å². The minimum Gasteiger partial charge on any atom is -0.494 e. The molecular weight excluding hydrogens is 336 g/mol. The zero-order chi connectivity index (χ0) is 18.1. The fourth-order valence-corrected chi connectivity index (χ4v) is 3.29. The second-order valence-electron chi connectivity index (χ2n) is 6.10. The third-order valence-electron chi connectivity index (χ3n) is 4.17. The van der Waals surface area contributed by atoms with Crippen LogP contribution in [0.25, 0.3) is 5.70 Å². The summed E-state index contributed by atoms with van der Waals surface area (Å²) in [4.78, 5) is 4.64. The first-order valence-electron chi connectivity index (χ1n) is 7.96. The van der Waals surface area contributed by atoms with Gasteiger partial charge in [-0.2, -0.15) is 0 Å². The highest BCUT2D eigenvalue weighted by molar-refractivity contribution is 7.89. The number of ether oxygens (including phenoxy) is 1. The molecule has 5 nitrogen and oxygen atoms in total. The Morgan fingerprint density at radius 1 is 1.08 bits per heavy atom. The summed E-state index contributed by atoms with van der Waals surface area (Å²) in [5.41, 5.74) is 2.43. The van der Waals surface area contributed by atoms with Gasteiger partial charge in [0.1, 0.15) is 5.75 Å². The Morgan fingerprint density at radius 3 is 2.28 bits per heavy atom. The lowest BCUT2D eigenvalue weighted by Gasteiger charge is -2.18. The molecule has 0 radical (unpaired) electrons. The van der Waals surface area contributed by atoms with Gasteiger partial charge < -0.3 is 4.74 Å². The standard InChI is InChI=1S/C19H20N2O3S/c1-3-24-16-8-4-14(5-9-16)18-12-19(2,13-21-18)15-6-10-17(11-7-15)25(20,22)23/h4-13H,3H2,1-2H3,(H2,20,22,23). The SMILES string of the molecule is CCOc1ccc(C2=CC(C)(c3ccc(S(N)(=O)=O)cc3)C=N2)cc1. The summed E-state index contributed by atoms with van der Waals surface area (Å²) >= 11 is 0. The van der Waals surface area contributed by atoms with Crippen LogP contribution in [-0.2, 0) is 15.4 Å². The molecule has 6 heteroatoms. The Hall–Kier alpha value is -2.44. The van der Waals surface area contributed by atoms with E-state index in [2.05, 4.69) is 11.1 Å². The van der Waals surface area contributed by atoms with E-state index in [0.717, 1.165) is 22.6 Å². The molecule has 25 heavy (non-hydrogen) atoms. The second-order valence-corrected chi connectivity index (χ2v) is 7.66. The molecule has 1 unspecified atom stereocenters. The Kier molecular flexibility index (Phi) is 4.49. The zero-order valence-corrected chi connectivity index (χ0v) is 15.0. The van der Waals surface area contributed by atoms with Crippen molar-refractivity contribution in [1.29, 1.82) is 0 Å². The number of primary sulfonamides is 1. The molecule has 2 aromatic rings. The van der Waals surface area contributed by atoms with Gasteiger partial charge in [0, 0.05) is 17.2 Å². The number of sulfonamides is 1. The van der Waals surface area contributed by atoms with E-state index in [1.165, 1.54) is 12.1 Å². The third kappa shape index (κ3) is 3.65. The smallest absolute Gasteiger partial charge is 0.238 e. The Bertz CT molecular complexity index is 930. The van der Waals surface area contributed by atoms with E-state index in [-0.39, 0.29) is 4.90 Å². The molecule has 2 aromatic carbocycles. The molecule has 1 heterocycles. The van der Waals surface area contributed by atoms with Crippen LogP contribution in [0.1, 0.15) is 25.0 Å². The Labute approximate surface area is 147 Å². The molecule has 0 fully saturated rings. The summed E-state index contributed by atoms with van der Waals surface area (Å²) in [5, 5.41) is 5.15. The van der Waals surface area contributed by atoms with Gasteiger partial charge in [-0.3, -0.25) is 4.99 Å². The van der Waals surface area contributed by atoms with E-state index in [9.17, 15) is 8.42 Å². The topological polar surface area (TPSA) is 81.8 Å². The van der Waals surface area contributed by atoms with Crippen molar-refractivity contribution in [1.82, 2.24) is 0 Å². The summed E-state index contributed by atoms with van der Waals surface area (Å²) in [5.74, 6) is 0.829. The quantitative estimate of drug-likeness (QED) is 0.893. The number of hydrogen-bond donors (Lipinski definition) is 1. The van der Waals surface area contributed by atoms with Gasteiger partial charge in [-0.1, -0.05) is 12.1 Å². The van der Waals surface area contributed by atoms with Crippen LogP contribution in [0.2, 0.25) is 0 Å². The number of nitrogens with two attached hydrogens (primary N) is 1. The van der Waals surface area contributed by atoms with E-state index in [0.29, 0.717) is 6.61 Å². The molecular formula is C19H20N2O3S. The Balaban J connectivity index is 1.87. The van der Waals surface area contributed by atoms with Crippen molar-refractivity contribution >= 4 is 21.9 Å². The first-order chi connectivity index (χ1) is 11.8. The highest BCUT2D eigenvalue weighted by Crippen LogP contribution is 2.34. The number of benzene rings is 2. The maximum Gasteiger partial charge on any atom is 0.238 e. The van der Waals surface area contributed by atoms with E-state index in [4.69, 9.17) is 9.88 Å². The minimum absolute atomic E-state index is 0.102. The molecule has 0 spiro atoms. The number of rotatable bonds is 5. The molecule has 3 rings (SSSR count). The fourth-order valence-electron chi connectivity index (χ4n) is 2.77. The summed E-state index contributed by atoms with van der Waals surface area (Å²) in [6.45, 7) is 4.61. The predicted octanol–water partition coefficient (Wildman–Crippen LogP) is 3.12. The highest BCUT2D eigenvalue weighted by atomic mass is 32.2. The first kappa shape index (κ1) is 17.4. The maximum atomic E-state index is 11.4. The largest absolute Gasteiger partial charge is 0.494 e. The van der Waals surface area contributed by atoms with Crippen LogP contribution in [0.3, 0.4) is 0 Å². The van der Waals surface area contributed by atoms with Crippen molar-refractivity contribution in [2.24, 2.45) is 10.1 Å². The summed E-state index contributed by atoms with van der Waals surface area (Å²) in [6.07, 6.45) is 3.93. The van der Waals surface area contributed by atoms with Gasteiger partial charge in [0.05, 0.1) is 17.2 Å². The lowest BCUT2D eigenvalue weighted by atomic mass is 9.84. The van der Waals surface area contributed by atoms with Crippen molar-refractivity contribution in [3.8, 4) is 5.75 Å². The molecule has 0 aromatic heterocycles. The molecule has 1 atom stereocenters. The summed E-state index contributed by atoms with van der Waals surface area (Å²) in [7, 11) is -3.69. The molecule has 1 aliphatic heterocycles. The van der Waals surface area contributed by atoms with Crippen LogP contribution in [-0.4, -0.2) is 21.2 Å². The number of hydrogen-bond acceptors (Lipinski definition) is 4. The van der Waals surface area contributed by atoms with Gasteiger partial charge in [0.25, 0.3) is 0 Å². The van der Waals surface area contributed by atoms with Gasteiger partial charge in [-0.25, -0.2) is 13.6 Å². The van der Waals surface area contributed by atoms with Gasteiger partial charge in [0.2, 0.25) is 10.0 Å². The molecule has 0 saturated heterocycles. The molecule has 1 aliphatic rings. The molecule has 0 bridgehead atoms. The summed E-state index contributed by atoms with van der Waals surface area (Å²) < 4.78 is 28.2. The van der Waals surface area contributed by atoms with E-state index >= 15 is 0 Å². The average molecular weight is 356 g/mol. The second kappa shape index (κ2) is 6.46. The Morgan fingerprint density at radius 2 is 1.72 bits per heavy atom. The van der Waals surface area contributed by atoms with Gasteiger partial charge in [-0.05, 0) is 61.9 Å². The van der Waals surface area contributed by atoms with Crippen LogP contribution in [0.15, 0.2) is 64.5 Å². The summed E-state index contributed by atoms with van der Waals surface area (Å²) in [6, 6.07) is 14.4. The van der Waals surface area contributed by atoms with Crippen molar-refractivity contribution in [2.75, 3.05) is 6.61 Å². The zero-order valence-electron chi connectivity index (χ0n) is 14.1. The van der Waals surface area contributed by atoms with Crippen LogP contribution in [0.4, 0.5) is 0 Å². The van der Waals surface area contributed by atoms with Crippen LogP contribution in [0.5, 0.6) is 5.75 Å². The minimum atomic E-state index is -3.69. The monoisotopic (exact) mass is 356 g/mol. The van der Waals surface area contributed by atoms with Crippen LogP contribution < -0.4 is 9.88 Å². The molecule has 130 valence electrons. The van der Waals surface area contributed by atoms with Crippen LogP contribution >= 0.6 is 0 Å². The van der Waals surface area contributed by atoms with Gasteiger partial charge in [0.15, 0.2) is 0 Å². The van der Waals surface area contributed by atoms with Crippen molar-refractivity contribution in [3.63, 3.8) is 0 Å². The molecule has 0 saturated carbocycles.